The van der Waals surface area contributed by atoms with Crippen molar-refractivity contribution in [3.8, 4) is 0 Å². The molecule has 1 aromatic rings. The van der Waals surface area contributed by atoms with E-state index in [-0.39, 0.29) is 11.6 Å². The summed E-state index contributed by atoms with van der Waals surface area (Å²) < 4.78 is 6.69. The van der Waals surface area contributed by atoms with E-state index in [1.54, 1.807) is 7.11 Å². The molecule has 2 atom stereocenters. The molecular weight excluding hydrogens is 340 g/mol. The summed E-state index contributed by atoms with van der Waals surface area (Å²) in [6.07, 6.45) is 2.23. The number of nitrogens with zero attached hydrogens (tertiary/aromatic N) is 1. The third-order valence-electron chi connectivity index (χ3n) is 4.17. The summed E-state index contributed by atoms with van der Waals surface area (Å²) in [5.41, 5.74) is 7.15. The van der Waals surface area contributed by atoms with Gasteiger partial charge in [-0.3, -0.25) is 4.90 Å². The van der Waals surface area contributed by atoms with Crippen molar-refractivity contribution in [1.82, 2.24) is 4.90 Å². The van der Waals surface area contributed by atoms with Gasteiger partial charge < -0.3 is 10.5 Å². The molecule has 3 nitrogen and oxygen atoms in total. The van der Waals surface area contributed by atoms with E-state index in [4.69, 9.17) is 22.1 Å². The zero-order valence-electron chi connectivity index (χ0n) is 12.0. The summed E-state index contributed by atoms with van der Waals surface area (Å²) in [6, 6.07) is 6.10. The average Bonchev–Trinajstić information content (AvgIpc) is 2.42. The zero-order valence-corrected chi connectivity index (χ0v) is 14.4. The predicted octanol–water partition coefficient (Wildman–Crippen LogP) is 3.60. The Bertz CT molecular complexity index is 471. The van der Waals surface area contributed by atoms with Crippen LogP contribution in [0.15, 0.2) is 22.7 Å². The van der Waals surface area contributed by atoms with Crippen LogP contribution in [0.1, 0.15) is 31.4 Å². The van der Waals surface area contributed by atoms with E-state index >= 15 is 0 Å². The lowest BCUT2D eigenvalue weighted by molar-refractivity contribution is -0.0608. The fourth-order valence-electron chi connectivity index (χ4n) is 2.92. The molecule has 20 heavy (non-hydrogen) atoms. The molecule has 0 spiro atoms. The Hall–Kier alpha value is -0.130. The van der Waals surface area contributed by atoms with Gasteiger partial charge in [0.25, 0.3) is 0 Å². The molecule has 112 valence electrons. The molecule has 2 unspecified atom stereocenters. The number of piperidine rings is 1. The molecule has 1 fully saturated rings. The number of nitrogens with two attached hydrogens (primary N) is 1. The van der Waals surface area contributed by atoms with Crippen molar-refractivity contribution < 1.29 is 4.74 Å². The van der Waals surface area contributed by atoms with Crippen molar-refractivity contribution in [1.29, 1.82) is 0 Å². The quantitative estimate of drug-likeness (QED) is 0.890. The number of likely N-dealkylation sites (tertiary alicyclic amines) is 1. The van der Waals surface area contributed by atoms with Gasteiger partial charge in [0, 0.05) is 35.7 Å². The van der Waals surface area contributed by atoms with E-state index in [2.05, 4.69) is 33.8 Å². The van der Waals surface area contributed by atoms with Crippen LogP contribution in [0.2, 0.25) is 5.02 Å². The van der Waals surface area contributed by atoms with Crippen LogP contribution in [0.5, 0.6) is 0 Å². The molecule has 0 saturated carbocycles. The highest BCUT2D eigenvalue weighted by molar-refractivity contribution is 9.10. The lowest BCUT2D eigenvalue weighted by Gasteiger charge is -2.43. The van der Waals surface area contributed by atoms with Gasteiger partial charge in [0.2, 0.25) is 0 Å². The third kappa shape index (κ3) is 3.55. The van der Waals surface area contributed by atoms with Gasteiger partial charge in [0.1, 0.15) is 0 Å². The minimum Gasteiger partial charge on any atom is -0.377 e. The van der Waals surface area contributed by atoms with Gasteiger partial charge in [-0.05, 0) is 44.0 Å². The highest BCUT2D eigenvalue weighted by Gasteiger charge is 2.34. The molecule has 1 aromatic carbocycles. The van der Waals surface area contributed by atoms with Gasteiger partial charge in [-0.25, -0.2) is 0 Å². The van der Waals surface area contributed by atoms with Crippen molar-refractivity contribution in [2.75, 3.05) is 26.7 Å². The van der Waals surface area contributed by atoms with E-state index in [1.807, 2.05) is 12.1 Å². The number of rotatable bonds is 4. The normalized spacial score (nSPS) is 25.6. The maximum Gasteiger partial charge on any atom is 0.0777 e. The van der Waals surface area contributed by atoms with Crippen LogP contribution in [0.3, 0.4) is 0 Å². The standard InChI is InChI=1S/C15H22BrClN2O/c1-15(20-2)6-3-7-19(10-15)14(9-18)12-5-4-11(17)8-13(12)16/h4-5,8,14H,3,6-7,9-10,18H2,1-2H3. The summed E-state index contributed by atoms with van der Waals surface area (Å²) >= 11 is 9.63. The molecule has 1 aliphatic rings. The number of benzene rings is 1. The van der Waals surface area contributed by atoms with Gasteiger partial charge in [0.05, 0.1) is 5.60 Å². The second-order valence-corrected chi connectivity index (χ2v) is 6.94. The lowest BCUT2D eigenvalue weighted by Crippen LogP contribution is -2.49. The Labute approximate surface area is 134 Å². The number of hydrogen-bond acceptors (Lipinski definition) is 3. The highest BCUT2D eigenvalue weighted by atomic mass is 79.9. The summed E-state index contributed by atoms with van der Waals surface area (Å²) in [5.74, 6) is 0. The first kappa shape index (κ1) is 16.2. The first-order valence-corrected chi connectivity index (χ1v) is 8.10. The summed E-state index contributed by atoms with van der Waals surface area (Å²) in [5, 5.41) is 0.733. The minimum absolute atomic E-state index is 0.0788. The first-order chi connectivity index (χ1) is 9.49. The Balaban J connectivity index is 2.23. The molecule has 2 rings (SSSR count). The highest BCUT2D eigenvalue weighted by Crippen LogP contribution is 2.34. The Morgan fingerprint density at radius 1 is 1.55 bits per heavy atom. The number of ether oxygens (including phenoxy) is 1. The third-order valence-corrected chi connectivity index (χ3v) is 5.09. The minimum atomic E-state index is -0.0788. The molecule has 5 heteroatoms. The maximum absolute atomic E-state index is 6.04. The molecule has 0 aliphatic carbocycles. The lowest BCUT2D eigenvalue weighted by atomic mass is 9.92. The van der Waals surface area contributed by atoms with Crippen molar-refractivity contribution in [2.24, 2.45) is 5.73 Å². The molecular formula is C15H22BrClN2O. The van der Waals surface area contributed by atoms with Crippen molar-refractivity contribution in [2.45, 2.75) is 31.4 Å². The van der Waals surface area contributed by atoms with Crippen LogP contribution in [-0.4, -0.2) is 37.2 Å². The van der Waals surface area contributed by atoms with Crippen LogP contribution in [0.4, 0.5) is 0 Å². The van der Waals surface area contributed by atoms with Gasteiger partial charge >= 0.3 is 0 Å². The van der Waals surface area contributed by atoms with E-state index in [9.17, 15) is 0 Å². The second kappa shape index (κ2) is 6.75. The van der Waals surface area contributed by atoms with Crippen LogP contribution in [0.25, 0.3) is 0 Å². The maximum atomic E-state index is 6.04. The molecule has 0 amide bonds. The Kier molecular flexibility index (Phi) is 5.49. The van der Waals surface area contributed by atoms with E-state index in [0.717, 1.165) is 35.4 Å². The van der Waals surface area contributed by atoms with E-state index in [0.29, 0.717) is 6.54 Å². The van der Waals surface area contributed by atoms with Gasteiger partial charge in [-0.1, -0.05) is 33.6 Å². The van der Waals surface area contributed by atoms with Crippen LogP contribution >= 0.6 is 27.5 Å². The van der Waals surface area contributed by atoms with Crippen molar-refractivity contribution in [3.05, 3.63) is 33.3 Å². The van der Waals surface area contributed by atoms with E-state index in [1.165, 1.54) is 5.56 Å². The summed E-state index contributed by atoms with van der Waals surface area (Å²) in [7, 11) is 1.79. The van der Waals surface area contributed by atoms with E-state index < -0.39 is 0 Å². The Morgan fingerprint density at radius 2 is 2.30 bits per heavy atom. The molecule has 0 aromatic heterocycles. The molecule has 0 bridgehead atoms. The number of methoxy groups -OCH3 is 1. The fraction of sp³-hybridized carbons (Fsp3) is 0.600. The number of halogens is 2. The van der Waals surface area contributed by atoms with Gasteiger partial charge in [-0.15, -0.1) is 0 Å². The number of hydrogen-bond donors (Lipinski definition) is 1. The van der Waals surface area contributed by atoms with Crippen LogP contribution in [0, 0.1) is 0 Å². The van der Waals surface area contributed by atoms with Gasteiger partial charge in [0.15, 0.2) is 0 Å². The van der Waals surface area contributed by atoms with Crippen molar-refractivity contribution in [3.63, 3.8) is 0 Å². The monoisotopic (exact) mass is 360 g/mol. The SMILES string of the molecule is COC1(C)CCCN(C(CN)c2ccc(Cl)cc2Br)C1. The zero-order chi connectivity index (χ0) is 14.8. The fourth-order valence-corrected chi connectivity index (χ4v) is 3.87. The predicted molar refractivity (Wildman–Crippen MR) is 87.2 cm³/mol. The topological polar surface area (TPSA) is 38.5 Å². The molecule has 2 N–H and O–H groups in total. The summed E-state index contributed by atoms with van der Waals surface area (Å²) in [6.45, 7) is 4.71. The average molecular weight is 362 g/mol. The summed E-state index contributed by atoms with van der Waals surface area (Å²) in [4.78, 5) is 2.42. The first-order valence-electron chi connectivity index (χ1n) is 6.93. The molecule has 1 heterocycles. The van der Waals surface area contributed by atoms with Crippen LogP contribution < -0.4 is 5.73 Å². The van der Waals surface area contributed by atoms with Crippen LogP contribution in [-0.2, 0) is 4.74 Å². The molecule has 1 saturated heterocycles. The second-order valence-electron chi connectivity index (χ2n) is 5.65. The molecule has 0 radical (unpaired) electrons. The van der Waals surface area contributed by atoms with Gasteiger partial charge in [-0.2, -0.15) is 0 Å². The smallest absolute Gasteiger partial charge is 0.0777 e. The largest absolute Gasteiger partial charge is 0.377 e. The van der Waals surface area contributed by atoms with Crippen molar-refractivity contribution >= 4 is 27.5 Å². The molecule has 1 aliphatic heterocycles. The Morgan fingerprint density at radius 3 is 2.90 bits per heavy atom.